The molecule has 0 bridgehead atoms. The summed E-state index contributed by atoms with van der Waals surface area (Å²) in [7, 11) is 3.75. The van der Waals surface area contributed by atoms with Gasteiger partial charge in [0, 0.05) is 54.9 Å². The van der Waals surface area contributed by atoms with Crippen LogP contribution >= 0.6 is 15.9 Å². The van der Waals surface area contributed by atoms with Crippen LogP contribution in [0.1, 0.15) is 24.0 Å². The summed E-state index contributed by atoms with van der Waals surface area (Å²) in [5, 5.41) is 13.4. The van der Waals surface area contributed by atoms with E-state index in [0.717, 1.165) is 35.2 Å². The van der Waals surface area contributed by atoms with E-state index in [0.29, 0.717) is 35.8 Å². The van der Waals surface area contributed by atoms with Crippen molar-refractivity contribution in [3.63, 3.8) is 0 Å². The van der Waals surface area contributed by atoms with Gasteiger partial charge in [-0.2, -0.15) is 10.1 Å². The highest BCUT2D eigenvalue weighted by Crippen LogP contribution is 2.24. The van der Waals surface area contributed by atoms with Crippen LogP contribution in [0.2, 0.25) is 0 Å². The van der Waals surface area contributed by atoms with Gasteiger partial charge in [0.1, 0.15) is 12.4 Å². The van der Waals surface area contributed by atoms with Crippen molar-refractivity contribution in [3.8, 4) is 11.4 Å². The standard InChI is InChI=1S/C30H34BrN7O3/c1-22(31)18-35-37(3)28(33-19-23-9-11-26(12-10-23)29-34-21-41-36-29)17-27(32-2)25-13-15-38(16-14-25)30(39)40-20-24-7-5-4-6-8-24/h4-12,17-18,21,25,32H,1,13-16,19-20H2,2-3H3/b27-17?,33-28?,35-18-. The highest BCUT2D eigenvalue weighted by molar-refractivity contribution is 9.12. The van der Waals surface area contributed by atoms with Gasteiger partial charge in [0.25, 0.3) is 0 Å². The molecule has 1 amide bonds. The summed E-state index contributed by atoms with van der Waals surface area (Å²) >= 11 is 3.32. The quantitative estimate of drug-likeness (QED) is 0.178. The first-order valence-corrected chi connectivity index (χ1v) is 14.1. The van der Waals surface area contributed by atoms with Gasteiger partial charge in [0.2, 0.25) is 12.2 Å². The average Bonchev–Trinajstić information content (AvgIpc) is 3.55. The van der Waals surface area contributed by atoms with Crippen molar-refractivity contribution in [3.05, 3.63) is 95.0 Å². The number of amides is 1. The summed E-state index contributed by atoms with van der Waals surface area (Å²) < 4.78 is 11.0. The number of amidine groups is 1. The molecule has 1 saturated heterocycles. The van der Waals surface area contributed by atoms with Crippen LogP contribution in [0.15, 0.2) is 98.4 Å². The number of ether oxygens (including phenoxy) is 1. The van der Waals surface area contributed by atoms with Gasteiger partial charge in [0.05, 0.1) is 12.8 Å². The van der Waals surface area contributed by atoms with Crippen LogP contribution in [0, 0.1) is 5.92 Å². The van der Waals surface area contributed by atoms with E-state index in [9.17, 15) is 4.79 Å². The van der Waals surface area contributed by atoms with Crippen LogP contribution in [0.4, 0.5) is 4.79 Å². The Labute approximate surface area is 248 Å². The largest absolute Gasteiger partial charge is 0.445 e. The second-order valence-corrected chi connectivity index (χ2v) is 10.5. The van der Waals surface area contributed by atoms with E-state index in [1.165, 1.54) is 6.39 Å². The molecule has 11 heteroatoms. The zero-order chi connectivity index (χ0) is 29.0. The Morgan fingerprint density at radius 2 is 1.93 bits per heavy atom. The van der Waals surface area contributed by atoms with Crippen LogP contribution < -0.4 is 5.32 Å². The fourth-order valence-electron chi connectivity index (χ4n) is 4.40. The molecule has 1 aromatic heterocycles. The van der Waals surface area contributed by atoms with Crippen molar-refractivity contribution in [1.29, 1.82) is 0 Å². The average molecular weight is 621 g/mol. The lowest BCUT2D eigenvalue weighted by Crippen LogP contribution is -2.40. The monoisotopic (exact) mass is 619 g/mol. The number of allylic oxidation sites excluding steroid dienone is 2. The molecule has 2 heterocycles. The second kappa shape index (κ2) is 14.9. The van der Waals surface area contributed by atoms with Gasteiger partial charge >= 0.3 is 6.09 Å². The molecule has 214 valence electrons. The second-order valence-electron chi connectivity index (χ2n) is 9.49. The lowest BCUT2D eigenvalue weighted by molar-refractivity contribution is 0.0844. The summed E-state index contributed by atoms with van der Waals surface area (Å²) in [6.07, 6.45) is 6.30. The first kappa shape index (κ1) is 29.7. The molecule has 10 nitrogen and oxygen atoms in total. The van der Waals surface area contributed by atoms with Crippen molar-refractivity contribution < 1.29 is 14.1 Å². The van der Waals surface area contributed by atoms with Gasteiger partial charge in [-0.15, -0.1) is 0 Å². The summed E-state index contributed by atoms with van der Waals surface area (Å²) in [4.78, 5) is 23.4. The van der Waals surface area contributed by atoms with Gasteiger partial charge in [-0.1, -0.05) is 66.3 Å². The predicted molar refractivity (Wildman–Crippen MR) is 163 cm³/mol. The third-order valence-corrected chi connectivity index (χ3v) is 6.88. The minimum atomic E-state index is -0.279. The minimum Gasteiger partial charge on any atom is -0.445 e. The maximum Gasteiger partial charge on any atom is 0.410 e. The van der Waals surface area contributed by atoms with Crippen molar-refractivity contribution in [1.82, 2.24) is 25.4 Å². The highest BCUT2D eigenvalue weighted by atomic mass is 79.9. The fraction of sp³-hybridized carbons (Fsp3) is 0.300. The number of hydrazone groups is 1. The number of likely N-dealkylation sites (N-methyl/N-ethyl adjacent to an activating group) is 1. The molecule has 0 atom stereocenters. The summed E-state index contributed by atoms with van der Waals surface area (Å²) in [6, 6.07) is 17.6. The third-order valence-electron chi connectivity index (χ3n) is 6.67. The lowest BCUT2D eigenvalue weighted by atomic mass is 9.93. The van der Waals surface area contributed by atoms with Gasteiger partial charge < -0.3 is 19.5 Å². The number of hydrogen-bond donors (Lipinski definition) is 1. The highest BCUT2D eigenvalue weighted by Gasteiger charge is 2.26. The van der Waals surface area contributed by atoms with Crippen LogP contribution in [0.5, 0.6) is 0 Å². The number of nitrogens with one attached hydrogen (secondary N) is 1. The first-order valence-electron chi connectivity index (χ1n) is 13.3. The molecule has 0 aliphatic carbocycles. The number of benzene rings is 2. The maximum atomic E-state index is 12.6. The Morgan fingerprint density at radius 1 is 1.20 bits per heavy atom. The molecular formula is C30H34BrN7O3. The van der Waals surface area contributed by atoms with Crippen molar-refractivity contribution in [2.24, 2.45) is 16.0 Å². The van der Waals surface area contributed by atoms with Crippen LogP contribution in [-0.4, -0.2) is 65.4 Å². The molecule has 1 aliphatic heterocycles. The molecule has 1 fully saturated rings. The van der Waals surface area contributed by atoms with Crippen LogP contribution in [-0.2, 0) is 17.9 Å². The molecule has 0 saturated carbocycles. The molecule has 0 radical (unpaired) electrons. The molecule has 1 N–H and O–H groups in total. The maximum absolute atomic E-state index is 12.6. The van der Waals surface area contributed by atoms with Crippen molar-refractivity contribution >= 4 is 34.1 Å². The number of rotatable bonds is 10. The fourth-order valence-corrected chi connectivity index (χ4v) is 4.49. The van der Waals surface area contributed by atoms with E-state index in [-0.39, 0.29) is 18.6 Å². The zero-order valence-electron chi connectivity index (χ0n) is 23.2. The summed E-state index contributed by atoms with van der Waals surface area (Å²) in [5.74, 6) is 1.47. The van der Waals surface area contributed by atoms with Crippen LogP contribution in [0.25, 0.3) is 11.4 Å². The van der Waals surface area contributed by atoms with E-state index in [1.54, 1.807) is 16.1 Å². The number of carbonyl (C=O) groups is 1. The molecule has 3 aromatic rings. The third kappa shape index (κ3) is 8.87. The van der Waals surface area contributed by atoms with Gasteiger partial charge in [-0.05, 0) is 39.9 Å². The molecule has 4 rings (SSSR count). The molecule has 0 unspecified atom stereocenters. The number of likely N-dealkylation sites (tertiary alicyclic amines) is 1. The lowest BCUT2D eigenvalue weighted by Gasteiger charge is -2.32. The number of halogens is 1. The molecule has 1 aliphatic rings. The zero-order valence-corrected chi connectivity index (χ0v) is 24.8. The Bertz CT molecular complexity index is 1360. The molecule has 2 aromatic carbocycles. The van der Waals surface area contributed by atoms with Crippen molar-refractivity contribution in [2.45, 2.75) is 26.0 Å². The normalized spacial score (nSPS) is 14.8. The number of nitrogens with zero attached hydrogens (tertiary/aromatic N) is 6. The van der Waals surface area contributed by atoms with E-state index in [4.69, 9.17) is 14.3 Å². The number of aromatic nitrogens is 2. The Balaban J connectivity index is 1.42. The molecular weight excluding hydrogens is 586 g/mol. The summed E-state index contributed by atoms with van der Waals surface area (Å²) in [5.41, 5.74) is 3.91. The van der Waals surface area contributed by atoms with Gasteiger partial charge in [0.15, 0.2) is 0 Å². The van der Waals surface area contributed by atoms with Crippen molar-refractivity contribution in [2.75, 3.05) is 27.2 Å². The minimum absolute atomic E-state index is 0.237. The number of piperidine rings is 1. The Morgan fingerprint density at radius 3 is 2.56 bits per heavy atom. The van der Waals surface area contributed by atoms with Crippen LogP contribution in [0.3, 0.4) is 0 Å². The molecule has 41 heavy (non-hydrogen) atoms. The van der Waals surface area contributed by atoms with E-state index < -0.39 is 0 Å². The smallest absolute Gasteiger partial charge is 0.410 e. The van der Waals surface area contributed by atoms with Gasteiger partial charge in [-0.3, -0.25) is 10.0 Å². The SMILES string of the molecule is C=C(Br)/C=N\N(C)C(C=C(NC)C1CCN(C(=O)OCc2ccccc2)CC1)=NCc1ccc(-c2ncon2)cc1. The number of aliphatic imine (C=N–C) groups is 1. The number of hydrogen-bond acceptors (Lipinski definition) is 8. The predicted octanol–water partition coefficient (Wildman–Crippen LogP) is 5.61. The first-order chi connectivity index (χ1) is 19.9. The molecule has 0 spiro atoms. The Hall–Kier alpha value is -4.25. The Kier molecular flexibility index (Phi) is 10.8. The summed E-state index contributed by atoms with van der Waals surface area (Å²) in [6.45, 7) is 5.79. The number of carbonyl (C=O) groups excluding carboxylic acids is 1. The van der Waals surface area contributed by atoms with E-state index in [1.807, 2.05) is 74.8 Å². The van der Waals surface area contributed by atoms with E-state index >= 15 is 0 Å². The topological polar surface area (TPSA) is 108 Å². The van der Waals surface area contributed by atoms with Gasteiger partial charge in [-0.25, -0.2) is 4.79 Å². The van der Waals surface area contributed by atoms with E-state index in [2.05, 4.69) is 43.1 Å².